The van der Waals surface area contributed by atoms with Crippen molar-refractivity contribution in [3.05, 3.63) is 23.4 Å². The zero-order chi connectivity index (χ0) is 19.0. The van der Waals surface area contributed by atoms with Gasteiger partial charge in [-0.2, -0.15) is 0 Å². The minimum Gasteiger partial charge on any atom is -0.507 e. The fourth-order valence-electron chi connectivity index (χ4n) is 4.80. The first kappa shape index (κ1) is 18.2. The Morgan fingerprint density at radius 2 is 1.85 bits per heavy atom. The van der Waals surface area contributed by atoms with Gasteiger partial charge in [-0.15, -0.1) is 0 Å². The maximum atomic E-state index is 12.5. The lowest BCUT2D eigenvalue weighted by atomic mass is 9.84. The Bertz CT molecular complexity index is 749. The largest absolute Gasteiger partial charge is 0.507 e. The number of fused-ring (bicyclic) bond motifs is 3. The van der Waals surface area contributed by atoms with Crippen LogP contribution in [0.25, 0.3) is 6.08 Å². The number of ketones is 1. The van der Waals surface area contributed by atoms with E-state index in [9.17, 15) is 15.0 Å². The molecule has 0 aromatic heterocycles. The first-order chi connectivity index (χ1) is 13.1. The molecule has 2 atom stereocenters. The molecule has 3 heterocycles. The predicted octanol–water partition coefficient (Wildman–Crippen LogP) is 4.08. The smallest absolute Gasteiger partial charge is 0.182 e. The molecule has 1 saturated carbocycles. The molecule has 1 aromatic rings. The van der Waals surface area contributed by atoms with Gasteiger partial charge in [0.25, 0.3) is 0 Å². The van der Waals surface area contributed by atoms with Crippen LogP contribution in [0, 0.1) is 11.8 Å². The molecular formula is C22H29NO4. The number of carbonyl (C=O) groups is 1. The van der Waals surface area contributed by atoms with Gasteiger partial charge in [-0.25, -0.2) is 0 Å². The van der Waals surface area contributed by atoms with Crippen LogP contribution < -0.4 is 4.74 Å². The van der Waals surface area contributed by atoms with Gasteiger partial charge in [0.15, 0.2) is 17.3 Å². The quantitative estimate of drug-likeness (QED) is 0.616. The highest BCUT2D eigenvalue weighted by Crippen LogP contribution is 2.40. The standard InChI is InChI=1S/C22H29NO4/c1-2-14-5-3-4-6-20(14)27-21-13-18(24)16(12-19(21)25)11-17-22(26)15-7-9-23(17)10-8-15/h11-15,20,24-25H,2-10H2,1H3/b17-11-. The van der Waals surface area contributed by atoms with Gasteiger partial charge in [0.1, 0.15) is 11.9 Å². The Kier molecular flexibility index (Phi) is 5.02. The predicted molar refractivity (Wildman–Crippen MR) is 104 cm³/mol. The highest BCUT2D eigenvalue weighted by molar-refractivity contribution is 6.02. The van der Waals surface area contributed by atoms with Crippen molar-refractivity contribution in [2.75, 3.05) is 13.1 Å². The first-order valence-electron chi connectivity index (χ1n) is 10.3. The number of rotatable bonds is 4. The van der Waals surface area contributed by atoms with Gasteiger partial charge < -0.3 is 19.8 Å². The zero-order valence-electron chi connectivity index (χ0n) is 16.0. The second kappa shape index (κ2) is 7.45. The summed E-state index contributed by atoms with van der Waals surface area (Å²) in [7, 11) is 0. The van der Waals surface area contributed by atoms with E-state index in [4.69, 9.17) is 4.74 Å². The topological polar surface area (TPSA) is 70.0 Å². The zero-order valence-corrected chi connectivity index (χ0v) is 16.0. The third-order valence-corrected chi connectivity index (χ3v) is 6.50. The van der Waals surface area contributed by atoms with E-state index in [-0.39, 0.29) is 29.3 Å². The van der Waals surface area contributed by atoms with E-state index in [2.05, 4.69) is 11.8 Å². The normalized spacial score (nSPS) is 27.4. The lowest BCUT2D eigenvalue weighted by Gasteiger charge is -2.41. The number of carbonyl (C=O) groups excluding carboxylic acids is 1. The molecule has 0 amide bonds. The monoisotopic (exact) mass is 371 g/mol. The maximum absolute atomic E-state index is 12.5. The average molecular weight is 371 g/mol. The van der Waals surface area contributed by atoms with Crippen molar-refractivity contribution in [3.63, 3.8) is 0 Å². The van der Waals surface area contributed by atoms with Crippen LogP contribution in [0.5, 0.6) is 17.2 Å². The summed E-state index contributed by atoms with van der Waals surface area (Å²) in [6.07, 6.45) is 9.18. The molecule has 2 unspecified atom stereocenters. The number of piperidine rings is 3. The third-order valence-electron chi connectivity index (χ3n) is 6.50. The Morgan fingerprint density at radius 1 is 1.11 bits per heavy atom. The van der Waals surface area contributed by atoms with E-state index in [1.54, 1.807) is 6.08 Å². The summed E-state index contributed by atoms with van der Waals surface area (Å²) in [6.45, 7) is 3.94. The summed E-state index contributed by atoms with van der Waals surface area (Å²) in [5.41, 5.74) is 1.12. The van der Waals surface area contributed by atoms with Crippen molar-refractivity contribution in [1.29, 1.82) is 0 Å². The number of hydrogen-bond acceptors (Lipinski definition) is 5. The van der Waals surface area contributed by atoms with E-state index < -0.39 is 0 Å². The van der Waals surface area contributed by atoms with Crippen LogP contribution in [0.15, 0.2) is 17.8 Å². The fraction of sp³-hybridized carbons (Fsp3) is 0.591. The number of nitrogens with zero attached hydrogens (tertiary/aromatic N) is 1. The van der Waals surface area contributed by atoms with Crippen molar-refractivity contribution in [3.8, 4) is 17.2 Å². The van der Waals surface area contributed by atoms with Crippen LogP contribution in [-0.2, 0) is 4.79 Å². The molecule has 5 rings (SSSR count). The molecule has 4 aliphatic rings. The fourth-order valence-corrected chi connectivity index (χ4v) is 4.80. The van der Waals surface area contributed by atoms with Gasteiger partial charge in [0.2, 0.25) is 0 Å². The van der Waals surface area contributed by atoms with E-state index in [0.29, 0.717) is 22.9 Å². The Labute approximate surface area is 160 Å². The number of hydrogen-bond donors (Lipinski definition) is 2. The SMILES string of the molecule is CCC1CCCCC1Oc1cc(O)c(/C=C2/C(=O)C3CCN2CC3)cc1O. The summed E-state index contributed by atoms with van der Waals surface area (Å²) >= 11 is 0. The molecule has 1 aromatic carbocycles. The van der Waals surface area contributed by atoms with Crippen LogP contribution in [-0.4, -0.2) is 40.1 Å². The molecule has 1 aliphatic carbocycles. The van der Waals surface area contributed by atoms with Crippen molar-refractivity contribution < 1.29 is 19.7 Å². The number of benzene rings is 1. The van der Waals surface area contributed by atoms with E-state index in [0.717, 1.165) is 51.6 Å². The number of allylic oxidation sites excluding steroid dienone is 1. The second-order valence-corrected chi connectivity index (χ2v) is 8.14. The molecule has 3 aliphatic heterocycles. The number of aromatic hydroxyl groups is 2. The third kappa shape index (κ3) is 3.52. The van der Waals surface area contributed by atoms with Crippen LogP contribution in [0.4, 0.5) is 0 Å². The van der Waals surface area contributed by atoms with E-state index >= 15 is 0 Å². The van der Waals surface area contributed by atoms with Gasteiger partial charge in [0.05, 0.1) is 5.70 Å². The highest BCUT2D eigenvalue weighted by Gasteiger charge is 2.36. The minimum absolute atomic E-state index is 0.0171. The van der Waals surface area contributed by atoms with Crippen LogP contribution in [0.2, 0.25) is 0 Å². The molecule has 2 N–H and O–H groups in total. The van der Waals surface area contributed by atoms with Gasteiger partial charge in [-0.1, -0.05) is 13.3 Å². The lowest BCUT2D eigenvalue weighted by molar-refractivity contribution is -0.125. The maximum Gasteiger partial charge on any atom is 0.182 e. The summed E-state index contributed by atoms with van der Waals surface area (Å²) in [5.74, 6) is 1.14. The number of Topliss-reactive ketones (excluding diaryl/α,β-unsaturated/α-hetero) is 1. The Balaban J connectivity index is 1.57. The van der Waals surface area contributed by atoms with Crippen LogP contribution in [0.3, 0.4) is 0 Å². The van der Waals surface area contributed by atoms with E-state index in [1.807, 2.05) is 0 Å². The molecule has 4 fully saturated rings. The molecule has 0 spiro atoms. The number of phenolic OH excluding ortho intramolecular Hbond substituents is 2. The Morgan fingerprint density at radius 3 is 2.56 bits per heavy atom. The van der Waals surface area contributed by atoms with Crippen molar-refractivity contribution in [1.82, 2.24) is 4.90 Å². The van der Waals surface area contributed by atoms with Gasteiger partial charge >= 0.3 is 0 Å². The summed E-state index contributed by atoms with van der Waals surface area (Å²) in [5, 5.41) is 21.0. The number of phenols is 2. The highest BCUT2D eigenvalue weighted by atomic mass is 16.5. The van der Waals surface area contributed by atoms with E-state index in [1.165, 1.54) is 18.6 Å². The molecule has 27 heavy (non-hydrogen) atoms. The summed E-state index contributed by atoms with van der Waals surface area (Å²) < 4.78 is 6.08. The van der Waals surface area contributed by atoms with Crippen molar-refractivity contribution in [2.24, 2.45) is 11.8 Å². The first-order valence-corrected chi connectivity index (χ1v) is 10.3. The molecule has 5 nitrogen and oxygen atoms in total. The lowest BCUT2D eigenvalue weighted by Crippen LogP contribution is -2.45. The van der Waals surface area contributed by atoms with Gasteiger partial charge in [-0.3, -0.25) is 4.79 Å². The second-order valence-electron chi connectivity index (χ2n) is 8.14. The molecule has 0 radical (unpaired) electrons. The minimum atomic E-state index is 0.0171. The van der Waals surface area contributed by atoms with Gasteiger partial charge in [0, 0.05) is 30.6 Å². The van der Waals surface area contributed by atoms with Crippen molar-refractivity contribution >= 4 is 11.9 Å². The molecule has 146 valence electrons. The molecule has 5 heteroatoms. The number of ether oxygens (including phenoxy) is 1. The Hall–Kier alpha value is -2.17. The summed E-state index contributed by atoms with van der Waals surface area (Å²) in [6, 6.07) is 3.00. The molecular weight excluding hydrogens is 342 g/mol. The summed E-state index contributed by atoms with van der Waals surface area (Å²) in [4.78, 5) is 14.6. The van der Waals surface area contributed by atoms with Crippen molar-refractivity contribution in [2.45, 2.75) is 58.0 Å². The van der Waals surface area contributed by atoms with Crippen LogP contribution >= 0.6 is 0 Å². The molecule has 3 saturated heterocycles. The molecule has 2 bridgehead atoms. The van der Waals surface area contributed by atoms with Crippen LogP contribution in [0.1, 0.15) is 57.4 Å². The van der Waals surface area contributed by atoms with Gasteiger partial charge in [-0.05, 0) is 56.6 Å². The average Bonchev–Trinajstić information content (AvgIpc) is 2.69.